The van der Waals surface area contributed by atoms with Crippen molar-refractivity contribution >= 4 is 11.8 Å². The van der Waals surface area contributed by atoms with Crippen LogP contribution in [-0.2, 0) is 9.59 Å². The Morgan fingerprint density at radius 3 is 2.78 bits per heavy atom. The number of amides is 2. The highest BCUT2D eigenvalue weighted by molar-refractivity contribution is 5.82. The van der Waals surface area contributed by atoms with E-state index in [0.717, 1.165) is 58.3 Å². The fourth-order valence-corrected chi connectivity index (χ4v) is 3.83. The molecule has 2 saturated heterocycles. The van der Waals surface area contributed by atoms with Crippen molar-refractivity contribution in [3.63, 3.8) is 0 Å². The summed E-state index contributed by atoms with van der Waals surface area (Å²) in [7, 11) is 0. The lowest BCUT2D eigenvalue weighted by atomic mass is 9.90. The van der Waals surface area contributed by atoms with E-state index in [1.807, 2.05) is 16.7 Å². The summed E-state index contributed by atoms with van der Waals surface area (Å²) in [6, 6.07) is -0.0880. The van der Waals surface area contributed by atoms with Crippen LogP contribution in [0.2, 0.25) is 0 Å². The van der Waals surface area contributed by atoms with Crippen LogP contribution in [0.25, 0.3) is 0 Å². The Morgan fingerprint density at radius 1 is 1.30 bits per heavy atom. The molecule has 2 unspecified atom stereocenters. The number of hydrogen-bond donors (Lipinski definition) is 2. The smallest absolute Gasteiger partial charge is 0.239 e. The van der Waals surface area contributed by atoms with Crippen molar-refractivity contribution in [3.8, 4) is 0 Å². The molecule has 23 heavy (non-hydrogen) atoms. The molecule has 2 heterocycles. The van der Waals surface area contributed by atoms with Crippen molar-refractivity contribution in [1.29, 1.82) is 0 Å². The second kappa shape index (κ2) is 6.77. The zero-order valence-electron chi connectivity index (χ0n) is 14.1. The number of likely N-dealkylation sites (tertiary alicyclic amines) is 1. The molecule has 3 aliphatic rings. The average Bonchev–Trinajstić information content (AvgIpc) is 3.31. The predicted molar refractivity (Wildman–Crippen MR) is 86.8 cm³/mol. The lowest BCUT2D eigenvalue weighted by Crippen LogP contribution is -2.53. The van der Waals surface area contributed by atoms with Crippen molar-refractivity contribution in [2.45, 2.75) is 57.6 Å². The van der Waals surface area contributed by atoms with Gasteiger partial charge in [-0.2, -0.15) is 0 Å². The van der Waals surface area contributed by atoms with Gasteiger partial charge in [0.2, 0.25) is 11.8 Å². The molecule has 3 fully saturated rings. The fraction of sp³-hybridized carbons (Fsp3) is 0.882. The number of carbonyl (C=O) groups is 2. The van der Waals surface area contributed by atoms with Crippen LogP contribution in [0.3, 0.4) is 0 Å². The van der Waals surface area contributed by atoms with E-state index in [1.165, 1.54) is 0 Å². The molecular formula is C17H29N3O3. The van der Waals surface area contributed by atoms with E-state index in [4.69, 9.17) is 0 Å². The molecule has 0 aromatic heterocycles. The van der Waals surface area contributed by atoms with Crippen LogP contribution in [0.1, 0.15) is 45.4 Å². The van der Waals surface area contributed by atoms with Gasteiger partial charge in [0, 0.05) is 39.1 Å². The highest BCUT2D eigenvalue weighted by Crippen LogP contribution is 2.53. The van der Waals surface area contributed by atoms with Gasteiger partial charge < -0.3 is 20.2 Å². The first-order valence-electron chi connectivity index (χ1n) is 9.00. The molecule has 2 aliphatic heterocycles. The summed E-state index contributed by atoms with van der Waals surface area (Å²) in [5.74, 6) is 0.316. The zero-order chi connectivity index (χ0) is 16.4. The summed E-state index contributed by atoms with van der Waals surface area (Å²) in [4.78, 5) is 28.0. The van der Waals surface area contributed by atoms with Gasteiger partial charge in [0.15, 0.2) is 0 Å². The molecule has 2 atom stereocenters. The standard InChI is InChI=1S/C17H29N3O3/c1-13-16(23)19(11-8-18-13)9-3-2-4-15(22)20-10-7-17(5-6-17)14(21)12-20/h13-14,18,21H,2-12H2,1H3. The van der Waals surface area contributed by atoms with Crippen molar-refractivity contribution in [2.75, 3.05) is 32.7 Å². The minimum Gasteiger partial charge on any atom is -0.391 e. The number of aliphatic hydroxyl groups is 1. The number of piperidine rings is 1. The number of nitrogens with zero attached hydrogens (tertiary/aromatic N) is 2. The van der Waals surface area contributed by atoms with Gasteiger partial charge in [-0.25, -0.2) is 0 Å². The highest BCUT2D eigenvalue weighted by Gasteiger charge is 2.51. The maximum Gasteiger partial charge on any atom is 0.239 e. The monoisotopic (exact) mass is 323 g/mol. The quantitative estimate of drug-likeness (QED) is 0.716. The van der Waals surface area contributed by atoms with Gasteiger partial charge in [-0.3, -0.25) is 9.59 Å². The molecule has 2 N–H and O–H groups in total. The third-order valence-electron chi connectivity index (χ3n) is 5.81. The number of nitrogens with one attached hydrogen (secondary N) is 1. The van der Waals surface area contributed by atoms with E-state index < -0.39 is 0 Å². The number of hydrogen-bond acceptors (Lipinski definition) is 4. The Balaban J connectivity index is 1.34. The molecule has 2 amide bonds. The molecule has 0 radical (unpaired) electrons. The first kappa shape index (κ1) is 16.7. The predicted octanol–water partition coefficient (Wildman–Crippen LogP) is 0.350. The van der Waals surface area contributed by atoms with Gasteiger partial charge in [0.25, 0.3) is 0 Å². The van der Waals surface area contributed by atoms with Crippen LogP contribution < -0.4 is 5.32 Å². The van der Waals surface area contributed by atoms with Gasteiger partial charge in [-0.15, -0.1) is 0 Å². The molecular weight excluding hydrogens is 294 g/mol. The largest absolute Gasteiger partial charge is 0.391 e. The fourth-order valence-electron chi connectivity index (χ4n) is 3.83. The van der Waals surface area contributed by atoms with E-state index in [0.29, 0.717) is 13.0 Å². The number of β-amino-alcohol motifs (C(OH)–C–C–N with tert-alkyl or cyclic N) is 1. The molecule has 1 saturated carbocycles. The molecule has 0 aromatic rings. The zero-order valence-corrected chi connectivity index (χ0v) is 14.1. The third-order valence-corrected chi connectivity index (χ3v) is 5.81. The summed E-state index contributed by atoms with van der Waals surface area (Å²) in [6.07, 6.45) is 5.05. The summed E-state index contributed by atoms with van der Waals surface area (Å²) in [5.41, 5.74) is 0.149. The Morgan fingerprint density at radius 2 is 2.09 bits per heavy atom. The van der Waals surface area contributed by atoms with Crippen LogP contribution >= 0.6 is 0 Å². The minimum atomic E-state index is -0.333. The number of unbranched alkanes of at least 4 members (excludes halogenated alkanes) is 1. The number of piperazine rings is 1. The van der Waals surface area contributed by atoms with E-state index in [1.54, 1.807) is 0 Å². The highest BCUT2D eigenvalue weighted by atomic mass is 16.3. The second-order valence-corrected chi connectivity index (χ2v) is 7.43. The van der Waals surface area contributed by atoms with Crippen LogP contribution in [0.4, 0.5) is 0 Å². The molecule has 3 rings (SSSR count). The Hall–Kier alpha value is -1.14. The molecule has 1 spiro atoms. The van der Waals surface area contributed by atoms with Crippen LogP contribution in [0.5, 0.6) is 0 Å². The van der Waals surface area contributed by atoms with Crippen molar-refractivity contribution in [1.82, 2.24) is 15.1 Å². The van der Waals surface area contributed by atoms with E-state index in [2.05, 4.69) is 5.32 Å². The number of carbonyl (C=O) groups excluding carboxylic acids is 2. The average molecular weight is 323 g/mol. The van der Waals surface area contributed by atoms with Gasteiger partial charge in [-0.1, -0.05) is 0 Å². The Bertz CT molecular complexity index is 464. The third kappa shape index (κ3) is 3.69. The molecule has 1 aliphatic carbocycles. The number of aliphatic hydroxyl groups excluding tert-OH is 1. The lowest BCUT2D eigenvalue weighted by Gasteiger charge is -2.36. The molecule has 0 aromatic carbocycles. The van der Waals surface area contributed by atoms with Crippen molar-refractivity contribution < 1.29 is 14.7 Å². The Kier molecular flexibility index (Phi) is 4.92. The van der Waals surface area contributed by atoms with Gasteiger partial charge in [0.05, 0.1) is 12.1 Å². The molecule has 6 heteroatoms. The van der Waals surface area contributed by atoms with Gasteiger partial charge >= 0.3 is 0 Å². The molecule has 6 nitrogen and oxygen atoms in total. The summed E-state index contributed by atoms with van der Waals surface area (Å²) < 4.78 is 0. The SMILES string of the molecule is CC1NCCN(CCCCC(=O)N2CCC3(CC3)C(O)C2)C1=O. The van der Waals surface area contributed by atoms with Gasteiger partial charge in [0.1, 0.15) is 0 Å². The summed E-state index contributed by atoms with van der Waals surface area (Å²) in [6.45, 7) is 5.54. The van der Waals surface area contributed by atoms with Crippen LogP contribution in [-0.4, -0.2) is 71.6 Å². The van der Waals surface area contributed by atoms with E-state index in [9.17, 15) is 14.7 Å². The lowest BCUT2D eigenvalue weighted by molar-refractivity contribution is -0.136. The van der Waals surface area contributed by atoms with Crippen molar-refractivity contribution in [2.24, 2.45) is 5.41 Å². The normalized spacial score (nSPS) is 29.9. The van der Waals surface area contributed by atoms with Gasteiger partial charge in [-0.05, 0) is 44.4 Å². The van der Waals surface area contributed by atoms with E-state index >= 15 is 0 Å². The maximum atomic E-state index is 12.3. The summed E-state index contributed by atoms with van der Waals surface area (Å²) >= 11 is 0. The summed E-state index contributed by atoms with van der Waals surface area (Å²) in [5, 5.41) is 13.3. The topological polar surface area (TPSA) is 72.9 Å². The first-order valence-corrected chi connectivity index (χ1v) is 9.00. The second-order valence-electron chi connectivity index (χ2n) is 7.43. The number of rotatable bonds is 5. The molecule has 130 valence electrons. The Labute approximate surface area is 138 Å². The van der Waals surface area contributed by atoms with E-state index in [-0.39, 0.29) is 29.4 Å². The minimum absolute atomic E-state index is 0.0880. The van der Waals surface area contributed by atoms with Crippen LogP contribution in [0.15, 0.2) is 0 Å². The van der Waals surface area contributed by atoms with Crippen molar-refractivity contribution in [3.05, 3.63) is 0 Å². The molecule has 0 bridgehead atoms. The van der Waals surface area contributed by atoms with Crippen LogP contribution in [0, 0.1) is 5.41 Å². The first-order chi connectivity index (χ1) is 11.0. The maximum absolute atomic E-state index is 12.3.